The molecule has 19 heavy (non-hydrogen) atoms. The lowest BCUT2D eigenvalue weighted by Gasteiger charge is -2.24. The number of rotatable bonds is 9. The molecule has 108 valence electrons. The van der Waals surface area contributed by atoms with E-state index in [-0.39, 0.29) is 0 Å². The smallest absolute Gasteiger partial charge is 0.123 e. The van der Waals surface area contributed by atoms with Crippen molar-refractivity contribution in [3.63, 3.8) is 0 Å². The summed E-state index contributed by atoms with van der Waals surface area (Å²) in [6.07, 6.45) is 7.20. The predicted molar refractivity (Wildman–Crippen MR) is 76.9 cm³/mol. The molecule has 1 aromatic heterocycles. The highest BCUT2D eigenvalue weighted by Crippen LogP contribution is 2.29. The molecule has 0 saturated heterocycles. The maximum atomic E-state index is 5.76. The second kappa shape index (κ2) is 7.71. The molecule has 0 amide bonds. The van der Waals surface area contributed by atoms with Gasteiger partial charge in [0.05, 0.1) is 19.4 Å². The molecule has 1 saturated carbocycles. The average Bonchev–Trinajstić information content (AvgIpc) is 2.74. The molecule has 0 spiro atoms. The summed E-state index contributed by atoms with van der Waals surface area (Å²) in [4.78, 5) is 0. The van der Waals surface area contributed by atoms with E-state index in [1.165, 1.54) is 31.2 Å². The molecule has 1 N–H and O–H groups in total. The van der Waals surface area contributed by atoms with Crippen LogP contribution in [0, 0.1) is 11.8 Å². The molecule has 0 bridgehead atoms. The molecule has 0 aliphatic heterocycles. The summed E-state index contributed by atoms with van der Waals surface area (Å²) in [7, 11) is 0. The van der Waals surface area contributed by atoms with E-state index in [1.54, 1.807) is 6.26 Å². The van der Waals surface area contributed by atoms with Crippen molar-refractivity contribution < 1.29 is 9.15 Å². The number of nitrogens with one attached hydrogen (secondary N) is 1. The van der Waals surface area contributed by atoms with Crippen LogP contribution in [0.15, 0.2) is 16.7 Å². The molecule has 1 aromatic rings. The molecule has 1 aliphatic carbocycles. The van der Waals surface area contributed by atoms with E-state index in [0.29, 0.717) is 12.5 Å². The lowest BCUT2D eigenvalue weighted by atomic mass is 9.83. The van der Waals surface area contributed by atoms with Gasteiger partial charge in [0, 0.05) is 12.2 Å². The third-order valence-corrected chi connectivity index (χ3v) is 3.83. The summed E-state index contributed by atoms with van der Waals surface area (Å²) in [6.45, 7) is 7.80. The molecular formula is C16H27NO2. The topological polar surface area (TPSA) is 34.4 Å². The summed E-state index contributed by atoms with van der Waals surface area (Å²) in [5, 5.41) is 3.41. The maximum Gasteiger partial charge on any atom is 0.123 e. The van der Waals surface area contributed by atoms with Gasteiger partial charge in [-0.15, -0.1) is 0 Å². The van der Waals surface area contributed by atoms with Gasteiger partial charge in [-0.1, -0.05) is 33.1 Å². The van der Waals surface area contributed by atoms with Crippen LogP contribution >= 0.6 is 0 Å². The highest BCUT2D eigenvalue weighted by molar-refractivity contribution is 5.15. The summed E-state index contributed by atoms with van der Waals surface area (Å²) in [5.41, 5.74) is 1.19. The predicted octanol–water partition coefficient (Wildman–Crippen LogP) is 3.73. The molecule has 1 fully saturated rings. The Morgan fingerprint density at radius 1 is 1.42 bits per heavy atom. The Kier molecular flexibility index (Phi) is 5.93. The van der Waals surface area contributed by atoms with Gasteiger partial charge in [-0.25, -0.2) is 0 Å². The van der Waals surface area contributed by atoms with E-state index in [2.05, 4.69) is 19.2 Å². The molecule has 2 rings (SSSR count). The van der Waals surface area contributed by atoms with Crippen molar-refractivity contribution in [2.45, 2.75) is 52.7 Å². The van der Waals surface area contributed by atoms with Crippen molar-refractivity contribution >= 4 is 0 Å². The first-order valence-electron chi connectivity index (χ1n) is 7.59. The Balaban J connectivity index is 1.63. The van der Waals surface area contributed by atoms with Gasteiger partial charge in [0.25, 0.3) is 0 Å². The van der Waals surface area contributed by atoms with Gasteiger partial charge < -0.3 is 14.5 Å². The van der Waals surface area contributed by atoms with Crippen molar-refractivity contribution in [3.05, 3.63) is 23.7 Å². The van der Waals surface area contributed by atoms with Crippen molar-refractivity contribution in [1.29, 1.82) is 0 Å². The standard InChI is InChI=1S/C16H27NO2/c1-13(2)10-17-11-16-15(7-9-19-16)12-18-8-6-14-4-3-5-14/h7,9,13-14,17H,3-6,8,10-12H2,1-2H3. The highest BCUT2D eigenvalue weighted by atomic mass is 16.5. The van der Waals surface area contributed by atoms with Crippen LogP contribution in [0.4, 0.5) is 0 Å². The minimum Gasteiger partial charge on any atom is -0.468 e. The van der Waals surface area contributed by atoms with Gasteiger partial charge in [0.1, 0.15) is 5.76 Å². The van der Waals surface area contributed by atoms with E-state index >= 15 is 0 Å². The van der Waals surface area contributed by atoms with Crippen LogP contribution in [-0.2, 0) is 17.9 Å². The average molecular weight is 265 g/mol. The molecule has 0 unspecified atom stereocenters. The second-order valence-electron chi connectivity index (χ2n) is 6.03. The monoisotopic (exact) mass is 265 g/mol. The zero-order valence-electron chi connectivity index (χ0n) is 12.3. The van der Waals surface area contributed by atoms with Crippen LogP contribution in [0.1, 0.15) is 50.9 Å². The number of hydrogen-bond donors (Lipinski definition) is 1. The normalized spacial score (nSPS) is 15.9. The zero-order valence-corrected chi connectivity index (χ0v) is 12.3. The van der Waals surface area contributed by atoms with Crippen LogP contribution in [0.25, 0.3) is 0 Å². The van der Waals surface area contributed by atoms with E-state index in [4.69, 9.17) is 9.15 Å². The highest BCUT2D eigenvalue weighted by Gasteiger charge is 2.16. The van der Waals surface area contributed by atoms with Crippen LogP contribution in [0.2, 0.25) is 0 Å². The molecule has 3 nitrogen and oxygen atoms in total. The summed E-state index contributed by atoms with van der Waals surface area (Å²) in [6, 6.07) is 2.02. The minimum atomic E-state index is 0.664. The number of ether oxygens (including phenoxy) is 1. The van der Waals surface area contributed by atoms with E-state index < -0.39 is 0 Å². The number of hydrogen-bond acceptors (Lipinski definition) is 3. The lowest BCUT2D eigenvalue weighted by molar-refractivity contribution is 0.0939. The Bertz CT molecular complexity index is 355. The Hall–Kier alpha value is -0.800. The van der Waals surface area contributed by atoms with Crippen molar-refractivity contribution in [3.8, 4) is 0 Å². The van der Waals surface area contributed by atoms with Gasteiger partial charge in [0.2, 0.25) is 0 Å². The maximum absolute atomic E-state index is 5.76. The summed E-state index contributed by atoms with van der Waals surface area (Å²) < 4.78 is 11.3. The van der Waals surface area contributed by atoms with Gasteiger partial charge in [-0.2, -0.15) is 0 Å². The molecule has 3 heteroatoms. The SMILES string of the molecule is CC(C)CNCc1occc1COCCC1CCC1. The molecule has 0 aromatic carbocycles. The first kappa shape index (κ1) is 14.6. The van der Waals surface area contributed by atoms with E-state index in [0.717, 1.165) is 31.4 Å². The molecular weight excluding hydrogens is 238 g/mol. The van der Waals surface area contributed by atoms with Crippen molar-refractivity contribution in [1.82, 2.24) is 5.32 Å². The first-order chi connectivity index (χ1) is 9.25. The Labute approximate surface area is 116 Å². The molecule has 0 atom stereocenters. The van der Waals surface area contributed by atoms with Gasteiger partial charge in [-0.3, -0.25) is 0 Å². The fourth-order valence-corrected chi connectivity index (χ4v) is 2.34. The largest absolute Gasteiger partial charge is 0.468 e. The van der Waals surface area contributed by atoms with Gasteiger partial charge >= 0.3 is 0 Å². The van der Waals surface area contributed by atoms with Crippen molar-refractivity contribution in [2.75, 3.05) is 13.2 Å². The third-order valence-electron chi connectivity index (χ3n) is 3.83. The second-order valence-corrected chi connectivity index (χ2v) is 6.03. The van der Waals surface area contributed by atoms with Gasteiger partial charge in [0.15, 0.2) is 0 Å². The Morgan fingerprint density at radius 2 is 2.26 bits per heavy atom. The quantitative estimate of drug-likeness (QED) is 0.691. The van der Waals surface area contributed by atoms with Crippen LogP contribution in [-0.4, -0.2) is 13.2 Å². The lowest BCUT2D eigenvalue weighted by Crippen LogP contribution is -2.19. The molecule has 1 aliphatic rings. The third kappa shape index (κ3) is 5.00. The summed E-state index contributed by atoms with van der Waals surface area (Å²) >= 11 is 0. The molecule has 1 heterocycles. The van der Waals surface area contributed by atoms with Crippen molar-refractivity contribution in [2.24, 2.45) is 11.8 Å². The van der Waals surface area contributed by atoms with Gasteiger partial charge in [-0.05, 0) is 30.9 Å². The number of furan rings is 1. The zero-order chi connectivity index (χ0) is 13.5. The molecule has 0 radical (unpaired) electrons. The van der Waals surface area contributed by atoms with Crippen LogP contribution < -0.4 is 5.32 Å². The fourth-order valence-electron chi connectivity index (χ4n) is 2.34. The van der Waals surface area contributed by atoms with Crippen LogP contribution in [0.3, 0.4) is 0 Å². The fraction of sp³-hybridized carbons (Fsp3) is 0.750. The van der Waals surface area contributed by atoms with E-state index in [1.807, 2.05) is 6.07 Å². The van der Waals surface area contributed by atoms with E-state index in [9.17, 15) is 0 Å². The van der Waals surface area contributed by atoms with Crippen LogP contribution in [0.5, 0.6) is 0 Å². The minimum absolute atomic E-state index is 0.664. The first-order valence-corrected chi connectivity index (χ1v) is 7.59. The Morgan fingerprint density at radius 3 is 2.95 bits per heavy atom. The summed E-state index contributed by atoms with van der Waals surface area (Å²) in [5.74, 6) is 2.61.